The van der Waals surface area contributed by atoms with Crippen molar-refractivity contribution in [2.24, 2.45) is 18.9 Å². The van der Waals surface area contributed by atoms with E-state index >= 15 is 0 Å². The highest BCUT2D eigenvalue weighted by molar-refractivity contribution is 5.76. The number of nitrogens with zero attached hydrogens (tertiary/aromatic N) is 5. The van der Waals surface area contributed by atoms with Crippen LogP contribution in [0, 0.1) is 18.8 Å². The molecular weight excluding hydrogens is 302 g/mol. The summed E-state index contributed by atoms with van der Waals surface area (Å²) in [6.07, 6.45) is 3.25. The Hall–Kier alpha value is -1.40. The number of amides is 1. The minimum atomic E-state index is 0.281. The molecule has 0 aliphatic carbocycles. The summed E-state index contributed by atoms with van der Waals surface area (Å²) in [5, 5.41) is 4.26. The van der Waals surface area contributed by atoms with Crippen molar-refractivity contribution in [3.63, 3.8) is 0 Å². The first-order valence-corrected chi connectivity index (χ1v) is 8.82. The summed E-state index contributed by atoms with van der Waals surface area (Å²) in [7, 11) is 10.4. The van der Waals surface area contributed by atoms with E-state index in [0.717, 1.165) is 38.3 Å². The molecule has 0 aromatic carbocycles. The van der Waals surface area contributed by atoms with Crippen LogP contribution >= 0.6 is 0 Å². The zero-order chi connectivity index (χ0) is 17.9. The summed E-state index contributed by atoms with van der Waals surface area (Å²) in [5.41, 5.74) is 2.33. The predicted molar refractivity (Wildman–Crippen MR) is 96.9 cm³/mol. The number of carbonyl (C=O) groups excluding carboxylic acids is 1. The fourth-order valence-corrected chi connectivity index (χ4v) is 3.68. The molecule has 136 valence electrons. The van der Waals surface area contributed by atoms with Gasteiger partial charge in [0, 0.05) is 45.3 Å². The number of aryl methyl sites for hydroxylation is 2. The molecule has 0 N–H and O–H groups in total. The third-order valence-corrected chi connectivity index (χ3v) is 5.07. The molecule has 1 aromatic heterocycles. The summed E-state index contributed by atoms with van der Waals surface area (Å²) in [5.74, 6) is 1.40. The molecule has 1 aromatic rings. The lowest BCUT2D eigenvalue weighted by Crippen LogP contribution is -2.32. The Balaban J connectivity index is 1.92. The van der Waals surface area contributed by atoms with E-state index in [1.807, 2.05) is 17.9 Å². The van der Waals surface area contributed by atoms with Gasteiger partial charge in [0.15, 0.2) is 0 Å². The maximum atomic E-state index is 12.7. The molecule has 0 spiro atoms. The molecular formula is C18H33N5O. The molecule has 1 fully saturated rings. The zero-order valence-corrected chi connectivity index (χ0v) is 16.1. The number of rotatable bonds is 7. The monoisotopic (exact) mass is 335 g/mol. The van der Waals surface area contributed by atoms with Gasteiger partial charge in [-0.1, -0.05) is 0 Å². The van der Waals surface area contributed by atoms with Crippen LogP contribution in [0.3, 0.4) is 0 Å². The topological polar surface area (TPSA) is 44.6 Å². The smallest absolute Gasteiger partial charge is 0.222 e. The number of carbonyl (C=O) groups is 1. The normalized spacial score (nSPS) is 21.2. The van der Waals surface area contributed by atoms with Gasteiger partial charge >= 0.3 is 0 Å². The van der Waals surface area contributed by atoms with E-state index in [1.165, 1.54) is 5.56 Å². The average Bonchev–Trinajstić information content (AvgIpc) is 3.01. The van der Waals surface area contributed by atoms with Gasteiger partial charge in [0.2, 0.25) is 5.91 Å². The van der Waals surface area contributed by atoms with Crippen LogP contribution in [0.5, 0.6) is 0 Å². The highest BCUT2D eigenvalue weighted by atomic mass is 16.2. The zero-order valence-electron chi connectivity index (χ0n) is 16.1. The van der Waals surface area contributed by atoms with Crippen LogP contribution in [0.15, 0.2) is 6.20 Å². The molecule has 1 aliphatic rings. The Morgan fingerprint density at radius 2 is 1.71 bits per heavy atom. The first-order chi connectivity index (χ1) is 11.3. The van der Waals surface area contributed by atoms with Gasteiger partial charge in [-0.25, -0.2) is 0 Å². The second kappa shape index (κ2) is 8.12. The third-order valence-electron chi connectivity index (χ3n) is 5.07. The van der Waals surface area contributed by atoms with Crippen molar-refractivity contribution in [2.75, 3.05) is 54.4 Å². The van der Waals surface area contributed by atoms with Crippen molar-refractivity contribution in [3.05, 3.63) is 17.5 Å². The lowest BCUT2D eigenvalue weighted by atomic mass is 9.95. The lowest BCUT2D eigenvalue weighted by Gasteiger charge is -2.24. The second-order valence-electron chi connectivity index (χ2n) is 7.72. The molecule has 0 bridgehead atoms. The highest BCUT2D eigenvalue weighted by Gasteiger charge is 2.35. The molecule has 1 amide bonds. The quantitative estimate of drug-likeness (QED) is 0.741. The van der Waals surface area contributed by atoms with Crippen molar-refractivity contribution in [2.45, 2.75) is 19.8 Å². The van der Waals surface area contributed by atoms with E-state index in [4.69, 9.17) is 0 Å². The van der Waals surface area contributed by atoms with Gasteiger partial charge in [0.1, 0.15) is 0 Å². The predicted octanol–water partition coefficient (Wildman–Crippen LogP) is 0.859. The van der Waals surface area contributed by atoms with Crippen LogP contribution in [0.2, 0.25) is 0 Å². The van der Waals surface area contributed by atoms with Crippen molar-refractivity contribution >= 4 is 5.91 Å². The van der Waals surface area contributed by atoms with E-state index in [2.05, 4.69) is 54.9 Å². The average molecular weight is 335 g/mol. The van der Waals surface area contributed by atoms with E-state index in [1.54, 1.807) is 0 Å². The fourth-order valence-electron chi connectivity index (χ4n) is 3.68. The minimum Gasteiger partial charge on any atom is -0.342 e. The third kappa shape index (κ3) is 4.80. The first-order valence-electron chi connectivity index (χ1n) is 8.82. The van der Waals surface area contributed by atoms with Crippen molar-refractivity contribution < 1.29 is 4.79 Å². The van der Waals surface area contributed by atoms with Gasteiger partial charge in [-0.2, -0.15) is 5.10 Å². The van der Waals surface area contributed by atoms with Crippen molar-refractivity contribution in [1.29, 1.82) is 0 Å². The SMILES string of the molecule is Cc1c(CCC(=O)N2C[C@@H](CN(C)C)[C@H](CN(C)C)C2)cnn1C. The van der Waals surface area contributed by atoms with E-state index in [0.29, 0.717) is 18.3 Å². The minimum absolute atomic E-state index is 0.281. The lowest BCUT2D eigenvalue weighted by molar-refractivity contribution is -0.130. The molecule has 2 atom stereocenters. The molecule has 24 heavy (non-hydrogen) atoms. The van der Waals surface area contributed by atoms with Gasteiger partial charge < -0.3 is 14.7 Å². The van der Waals surface area contributed by atoms with Crippen LogP contribution < -0.4 is 0 Å². The van der Waals surface area contributed by atoms with Gasteiger partial charge in [-0.05, 0) is 58.9 Å². The molecule has 6 nitrogen and oxygen atoms in total. The van der Waals surface area contributed by atoms with Crippen molar-refractivity contribution in [1.82, 2.24) is 24.5 Å². The molecule has 6 heteroatoms. The summed E-state index contributed by atoms with van der Waals surface area (Å²) in [6.45, 7) is 5.93. The van der Waals surface area contributed by atoms with E-state index in [-0.39, 0.29) is 5.91 Å². The van der Waals surface area contributed by atoms with Gasteiger partial charge in [-0.15, -0.1) is 0 Å². The largest absolute Gasteiger partial charge is 0.342 e. The first kappa shape index (κ1) is 18.9. The van der Waals surface area contributed by atoms with Crippen LogP contribution in [0.1, 0.15) is 17.7 Å². The number of hydrogen-bond acceptors (Lipinski definition) is 4. The number of hydrogen-bond donors (Lipinski definition) is 0. The molecule has 0 unspecified atom stereocenters. The Morgan fingerprint density at radius 1 is 1.17 bits per heavy atom. The Bertz CT molecular complexity index is 534. The molecule has 2 heterocycles. The molecule has 1 saturated heterocycles. The van der Waals surface area contributed by atoms with Gasteiger partial charge in [-0.3, -0.25) is 9.48 Å². The molecule has 2 rings (SSSR count). The van der Waals surface area contributed by atoms with Crippen molar-refractivity contribution in [3.8, 4) is 0 Å². The Morgan fingerprint density at radius 3 is 2.12 bits per heavy atom. The fraction of sp³-hybridized carbons (Fsp3) is 0.778. The van der Waals surface area contributed by atoms with E-state index < -0.39 is 0 Å². The van der Waals surface area contributed by atoms with Crippen LogP contribution in [0.25, 0.3) is 0 Å². The number of aromatic nitrogens is 2. The van der Waals surface area contributed by atoms with Gasteiger partial charge in [0.25, 0.3) is 0 Å². The molecule has 0 radical (unpaired) electrons. The van der Waals surface area contributed by atoms with Gasteiger partial charge in [0.05, 0.1) is 6.20 Å². The maximum Gasteiger partial charge on any atom is 0.222 e. The number of likely N-dealkylation sites (tertiary alicyclic amines) is 1. The van der Waals surface area contributed by atoms with Crippen LogP contribution in [0.4, 0.5) is 0 Å². The van der Waals surface area contributed by atoms with Crippen LogP contribution in [-0.2, 0) is 18.3 Å². The van der Waals surface area contributed by atoms with E-state index in [9.17, 15) is 4.79 Å². The second-order valence-corrected chi connectivity index (χ2v) is 7.72. The van der Waals surface area contributed by atoms with Crippen LogP contribution in [-0.4, -0.2) is 84.8 Å². The summed E-state index contributed by atoms with van der Waals surface area (Å²) >= 11 is 0. The summed E-state index contributed by atoms with van der Waals surface area (Å²) in [4.78, 5) is 19.2. The Kier molecular flexibility index (Phi) is 6.40. The maximum absolute atomic E-state index is 12.7. The Labute approximate surface area is 146 Å². The standard InChI is InChI=1S/C18H33N5O/c1-14-15(9-19-22(14)6)7-8-18(24)23-12-16(10-20(2)3)17(13-23)11-21(4)5/h9,16-17H,7-8,10-13H2,1-6H3/t16-,17-/m1/s1. The summed E-state index contributed by atoms with van der Waals surface area (Å²) < 4.78 is 1.87. The molecule has 1 aliphatic heterocycles. The highest BCUT2D eigenvalue weighted by Crippen LogP contribution is 2.25. The molecule has 0 saturated carbocycles. The summed E-state index contributed by atoms with van der Waals surface area (Å²) in [6, 6.07) is 0.